The minimum Gasteiger partial charge on any atom is -0.395 e. The summed E-state index contributed by atoms with van der Waals surface area (Å²) in [5.41, 5.74) is 1.70. The van der Waals surface area contributed by atoms with E-state index in [9.17, 15) is 4.79 Å². The zero-order valence-corrected chi connectivity index (χ0v) is 11.3. The van der Waals surface area contributed by atoms with E-state index < -0.39 is 0 Å². The molecular weight excluding hydrogens is 252 g/mol. The number of pyridine rings is 1. The molecule has 0 saturated carbocycles. The second-order valence-electron chi connectivity index (χ2n) is 4.46. The number of aliphatic hydroxyl groups excluding tert-OH is 1. The Kier molecular flexibility index (Phi) is 5.26. The van der Waals surface area contributed by atoms with E-state index >= 15 is 0 Å². The lowest BCUT2D eigenvalue weighted by atomic mass is 10.1. The number of hydrogen-bond donors (Lipinski definition) is 1. The maximum atomic E-state index is 12.1. The Bertz CT molecular complexity index is 529. The summed E-state index contributed by atoms with van der Waals surface area (Å²) in [6, 6.07) is 13.2. The highest BCUT2D eigenvalue weighted by Gasteiger charge is 2.10. The van der Waals surface area contributed by atoms with Gasteiger partial charge in [0.05, 0.1) is 6.61 Å². The maximum absolute atomic E-state index is 12.1. The van der Waals surface area contributed by atoms with E-state index in [1.54, 1.807) is 24.5 Å². The summed E-state index contributed by atoms with van der Waals surface area (Å²) in [5.74, 6) is 0.0891. The molecule has 0 fully saturated rings. The van der Waals surface area contributed by atoms with Gasteiger partial charge in [-0.25, -0.2) is 0 Å². The second-order valence-corrected chi connectivity index (χ2v) is 4.46. The molecule has 0 aliphatic heterocycles. The molecule has 0 atom stereocenters. The van der Waals surface area contributed by atoms with Gasteiger partial charge in [-0.3, -0.25) is 9.78 Å². The first-order valence-electron chi connectivity index (χ1n) is 6.65. The monoisotopic (exact) mass is 270 g/mol. The lowest BCUT2D eigenvalue weighted by molar-refractivity contribution is 0.0984. The fourth-order valence-electron chi connectivity index (χ4n) is 2.05. The summed E-state index contributed by atoms with van der Waals surface area (Å²) in [6.07, 6.45) is 3.66. The molecule has 1 aromatic carbocycles. The van der Waals surface area contributed by atoms with Crippen LogP contribution in [0.4, 0.5) is 5.69 Å². The van der Waals surface area contributed by atoms with Crippen LogP contribution >= 0.6 is 0 Å². The SMILES string of the molecule is O=C(CCN(CCO)c1ccccc1)c1ccncc1. The molecule has 0 saturated heterocycles. The van der Waals surface area contributed by atoms with E-state index in [-0.39, 0.29) is 12.4 Å². The number of Topliss-reactive ketones (excluding diaryl/α,β-unsaturated/α-hetero) is 1. The number of carbonyl (C=O) groups excluding carboxylic acids is 1. The van der Waals surface area contributed by atoms with Crippen molar-refractivity contribution < 1.29 is 9.90 Å². The van der Waals surface area contributed by atoms with Gasteiger partial charge in [0.15, 0.2) is 5.78 Å². The third-order valence-corrected chi connectivity index (χ3v) is 3.10. The van der Waals surface area contributed by atoms with Gasteiger partial charge in [0.25, 0.3) is 0 Å². The summed E-state index contributed by atoms with van der Waals surface area (Å²) >= 11 is 0. The van der Waals surface area contributed by atoms with Gasteiger partial charge in [0.2, 0.25) is 0 Å². The molecule has 0 spiro atoms. The van der Waals surface area contributed by atoms with E-state index in [0.717, 1.165) is 5.69 Å². The molecule has 1 heterocycles. The summed E-state index contributed by atoms with van der Waals surface area (Å²) in [6.45, 7) is 1.18. The predicted molar refractivity (Wildman–Crippen MR) is 78.9 cm³/mol. The van der Waals surface area contributed by atoms with E-state index in [4.69, 9.17) is 5.11 Å². The second kappa shape index (κ2) is 7.40. The Morgan fingerprint density at radius 2 is 1.75 bits per heavy atom. The van der Waals surface area contributed by atoms with Crippen molar-refractivity contribution in [3.8, 4) is 0 Å². The molecule has 0 amide bonds. The van der Waals surface area contributed by atoms with Crippen LogP contribution in [-0.2, 0) is 0 Å². The third-order valence-electron chi connectivity index (χ3n) is 3.10. The van der Waals surface area contributed by atoms with Gasteiger partial charge in [0.1, 0.15) is 0 Å². The first-order valence-corrected chi connectivity index (χ1v) is 6.65. The molecule has 0 radical (unpaired) electrons. The number of carbonyl (C=O) groups is 1. The molecule has 104 valence electrons. The number of aliphatic hydroxyl groups is 1. The lowest BCUT2D eigenvalue weighted by Gasteiger charge is -2.23. The van der Waals surface area contributed by atoms with Crippen LogP contribution < -0.4 is 4.90 Å². The van der Waals surface area contributed by atoms with E-state index in [1.165, 1.54) is 0 Å². The quantitative estimate of drug-likeness (QED) is 0.783. The van der Waals surface area contributed by atoms with E-state index in [1.807, 2.05) is 35.2 Å². The van der Waals surface area contributed by atoms with Crippen molar-refractivity contribution in [1.29, 1.82) is 0 Å². The number of nitrogens with zero attached hydrogens (tertiary/aromatic N) is 2. The van der Waals surface area contributed by atoms with E-state index in [2.05, 4.69) is 4.98 Å². The minimum absolute atomic E-state index is 0.0678. The average molecular weight is 270 g/mol. The number of ketones is 1. The molecule has 4 nitrogen and oxygen atoms in total. The van der Waals surface area contributed by atoms with Gasteiger partial charge >= 0.3 is 0 Å². The number of aromatic nitrogens is 1. The number of anilines is 1. The predicted octanol–water partition coefficient (Wildman–Crippen LogP) is 2.15. The van der Waals surface area contributed by atoms with Crippen LogP contribution in [0.25, 0.3) is 0 Å². The molecule has 0 aliphatic carbocycles. The zero-order chi connectivity index (χ0) is 14.2. The van der Waals surface area contributed by atoms with Gasteiger partial charge in [0, 0.05) is 43.2 Å². The Balaban J connectivity index is 1.98. The van der Waals surface area contributed by atoms with E-state index in [0.29, 0.717) is 25.1 Å². The fraction of sp³-hybridized carbons (Fsp3) is 0.250. The van der Waals surface area contributed by atoms with Crippen LogP contribution in [-0.4, -0.2) is 35.6 Å². The number of rotatable bonds is 7. The Morgan fingerprint density at radius 3 is 2.40 bits per heavy atom. The van der Waals surface area contributed by atoms with Crippen molar-refractivity contribution in [3.05, 3.63) is 60.4 Å². The summed E-state index contributed by atoms with van der Waals surface area (Å²) in [7, 11) is 0. The highest BCUT2D eigenvalue weighted by molar-refractivity contribution is 5.96. The van der Waals surface area contributed by atoms with Crippen molar-refractivity contribution >= 4 is 11.5 Å². The summed E-state index contributed by atoms with van der Waals surface area (Å²) < 4.78 is 0. The maximum Gasteiger partial charge on any atom is 0.164 e. The van der Waals surface area contributed by atoms with Gasteiger partial charge in [-0.1, -0.05) is 18.2 Å². The minimum atomic E-state index is 0.0678. The van der Waals surface area contributed by atoms with Crippen LogP contribution in [0.3, 0.4) is 0 Å². The topological polar surface area (TPSA) is 53.4 Å². The van der Waals surface area contributed by atoms with Crippen molar-refractivity contribution in [2.75, 3.05) is 24.6 Å². The highest BCUT2D eigenvalue weighted by Crippen LogP contribution is 2.14. The van der Waals surface area contributed by atoms with Gasteiger partial charge < -0.3 is 10.0 Å². The van der Waals surface area contributed by atoms with Gasteiger partial charge in [-0.05, 0) is 24.3 Å². The van der Waals surface area contributed by atoms with Crippen LogP contribution in [0.15, 0.2) is 54.9 Å². The first-order chi connectivity index (χ1) is 9.81. The molecule has 1 aromatic heterocycles. The molecule has 0 bridgehead atoms. The molecule has 4 heteroatoms. The molecular formula is C16H18N2O2. The third kappa shape index (κ3) is 3.90. The highest BCUT2D eigenvalue weighted by atomic mass is 16.3. The number of hydrogen-bond acceptors (Lipinski definition) is 4. The Morgan fingerprint density at radius 1 is 1.05 bits per heavy atom. The standard InChI is InChI=1S/C16H18N2O2/c19-13-12-18(15-4-2-1-3-5-15)11-8-16(20)14-6-9-17-10-7-14/h1-7,9-10,19H,8,11-13H2. The van der Waals surface area contributed by atoms with Crippen LogP contribution in [0.1, 0.15) is 16.8 Å². The van der Waals surface area contributed by atoms with Gasteiger partial charge in [-0.15, -0.1) is 0 Å². The normalized spacial score (nSPS) is 10.2. The fourth-order valence-corrected chi connectivity index (χ4v) is 2.05. The molecule has 0 unspecified atom stereocenters. The molecule has 2 rings (SSSR count). The molecule has 20 heavy (non-hydrogen) atoms. The average Bonchev–Trinajstić information content (AvgIpc) is 2.53. The number of benzene rings is 1. The zero-order valence-electron chi connectivity index (χ0n) is 11.3. The molecule has 2 aromatic rings. The van der Waals surface area contributed by atoms with Crippen molar-refractivity contribution in [1.82, 2.24) is 4.98 Å². The lowest BCUT2D eigenvalue weighted by Crippen LogP contribution is -2.29. The van der Waals surface area contributed by atoms with Crippen LogP contribution in [0, 0.1) is 0 Å². The Labute approximate surface area is 118 Å². The van der Waals surface area contributed by atoms with Crippen LogP contribution in [0.2, 0.25) is 0 Å². The molecule has 0 aliphatic rings. The smallest absolute Gasteiger partial charge is 0.164 e. The molecule has 1 N–H and O–H groups in total. The summed E-state index contributed by atoms with van der Waals surface area (Å²) in [4.78, 5) is 18.0. The van der Waals surface area contributed by atoms with Crippen molar-refractivity contribution in [2.45, 2.75) is 6.42 Å². The first kappa shape index (κ1) is 14.2. The van der Waals surface area contributed by atoms with Gasteiger partial charge in [-0.2, -0.15) is 0 Å². The Hall–Kier alpha value is -2.20. The summed E-state index contributed by atoms with van der Waals surface area (Å²) in [5, 5.41) is 9.15. The number of para-hydroxylation sites is 1. The van der Waals surface area contributed by atoms with Crippen molar-refractivity contribution in [3.63, 3.8) is 0 Å². The van der Waals surface area contributed by atoms with Crippen LogP contribution in [0.5, 0.6) is 0 Å². The largest absolute Gasteiger partial charge is 0.395 e. The van der Waals surface area contributed by atoms with Crippen molar-refractivity contribution in [2.24, 2.45) is 0 Å².